The van der Waals surface area contributed by atoms with Crippen molar-refractivity contribution in [1.82, 2.24) is 19.5 Å². The fourth-order valence-electron chi connectivity index (χ4n) is 3.26. The molecular weight excluding hydrogens is 421 g/mol. The first kappa shape index (κ1) is 20.3. The van der Waals surface area contributed by atoms with E-state index in [4.69, 9.17) is 17.3 Å². The van der Waals surface area contributed by atoms with Crippen molar-refractivity contribution in [3.05, 3.63) is 81.4 Å². The number of hydrogen-bond donors (Lipinski definition) is 2. The van der Waals surface area contributed by atoms with E-state index in [0.717, 1.165) is 0 Å². The van der Waals surface area contributed by atoms with Crippen molar-refractivity contribution in [3.63, 3.8) is 0 Å². The molecule has 0 bridgehead atoms. The minimum Gasteiger partial charge on any atom is -0.382 e. The highest BCUT2D eigenvalue weighted by atomic mass is 35.5. The van der Waals surface area contributed by atoms with Gasteiger partial charge in [0, 0.05) is 0 Å². The Labute approximate surface area is 180 Å². The second kappa shape index (κ2) is 8.01. The van der Waals surface area contributed by atoms with E-state index < -0.39 is 12.1 Å². The quantitative estimate of drug-likeness (QED) is 0.469. The van der Waals surface area contributed by atoms with Crippen LogP contribution in [0.25, 0.3) is 16.6 Å². The Morgan fingerprint density at radius 1 is 1.16 bits per heavy atom. The summed E-state index contributed by atoms with van der Waals surface area (Å²) in [6, 6.07) is 15.1. The van der Waals surface area contributed by atoms with Crippen LogP contribution < -0.4 is 16.6 Å². The molecule has 0 saturated carbocycles. The molecule has 0 aliphatic heterocycles. The number of nitrogens with two attached hydrogens (primary N) is 1. The normalized spacial score (nSPS) is 11.8. The third kappa shape index (κ3) is 3.65. The largest absolute Gasteiger partial charge is 0.382 e. The fraction of sp³-hybridized carbons (Fsp3) is 0.0952. The summed E-state index contributed by atoms with van der Waals surface area (Å²) in [4.78, 5) is 25.1. The molecule has 154 valence electrons. The summed E-state index contributed by atoms with van der Waals surface area (Å²) in [5.74, 6) is -0.0732. The molecule has 1 atom stereocenters. The van der Waals surface area contributed by atoms with Gasteiger partial charge >= 0.3 is 6.08 Å². The SMILES string of the molecule is C[C@H](Nc1nc(F)nc(N)c1C#N)c1nc2cccc(Cl)c2c(=O)n1-c1ccccc1. The number of halogens is 2. The number of aromatic nitrogens is 4. The number of benzene rings is 2. The van der Waals surface area contributed by atoms with E-state index in [2.05, 4.69) is 20.3 Å². The van der Waals surface area contributed by atoms with Crippen LogP contribution in [0.15, 0.2) is 53.3 Å². The van der Waals surface area contributed by atoms with E-state index in [1.807, 2.05) is 12.1 Å². The van der Waals surface area contributed by atoms with Crippen molar-refractivity contribution in [2.45, 2.75) is 13.0 Å². The molecule has 0 unspecified atom stereocenters. The zero-order valence-corrected chi connectivity index (χ0v) is 16.9. The molecule has 0 fully saturated rings. The van der Waals surface area contributed by atoms with Crippen LogP contribution in [0.1, 0.15) is 24.4 Å². The smallest absolute Gasteiger partial charge is 0.312 e. The van der Waals surface area contributed by atoms with Gasteiger partial charge in [-0.1, -0.05) is 35.9 Å². The van der Waals surface area contributed by atoms with Gasteiger partial charge in [0.15, 0.2) is 5.82 Å². The van der Waals surface area contributed by atoms with Crippen LogP contribution in [-0.4, -0.2) is 19.5 Å². The molecule has 2 aromatic carbocycles. The summed E-state index contributed by atoms with van der Waals surface area (Å²) in [6.45, 7) is 1.70. The molecule has 2 heterocycles. The molecule has 3 N–H and O–H groups in total. The second-order valence-corrected chi connectivity index (χ2v) is 7.07. The number of nitrogens with zero attached hydrogens (tertiary/aromatic N) is 5. The maximum absolute atomic E-state index is 13.7. The molecule has 0 spiro atoms. The lowest BCUT2D eigenvalue weighted by molar-refractivity contribution is 0.540. The van der Waals surface area contributed by atoms with Crippen LogP contribution in [0.4, 0.5) is 16.0 Å². The first-order chi connectivity index (χ1) is 14.9. The molecule has 2 aromatic heterocycles. The Hall–Kier alpha value is -4.03. The van der Waals surface area contributed by atoms with Crippen molar-refractivity contribution in [1.29, 1.82) is 5.26 Å². The molecule has 0 saturated heterocycles. The van der Waals surface area contributed by atoms with Gasteiger partial charge in [0.2, 0.25) is 0 Å². The van der Waals surface area contributed by atoms with Gasteiger partial charge < -0.3 is 11.1 Å². The van der Waals surface area contributed by atoms with Gasteiger partial charge in [-0.25, -0.2) is 4.98 Å². The molecule has 4 aromatic rings. The number of nitriles is 1. The van der Waals surface area contributed by atoms with Crippen molar-refractivity contribution >= 4 is 34.1 Å². The number of fused-ring (bicyclic) bond motifs is 1. The summed E-state index contributed by atoms with van der Waals surface area (Å²) < 4.78 is 15.1. The molecule has 10 heteroatoms. The molecule has 31 heavy (non-hydrogen) atoms. The standard InChI is InChI=1S/C21H15ClFN7O/c1-11(26-18-13(10-24)17(25)28-21(23)29-18)19-27-15-9-5-8-14(22)16(15)20(31)30(19)12-6-3-2-4-7-12/h2-9,11H,1H3,(H3,25,26,28,29)/t11-/m0/s1. The maximum atomic E-state index is 13.7. The number of nitrogens with one attached hydrogen (secondary N) is 1. The Morgan fingerprint density at radius 2 is 1.90 bits per heavy atom. The Kier molecular flexibility index (Phi) is 5.23. The zero-order valence-electron chi connectivity index (χ0n) is 16.2. The minimum atomic E-state index is -1.08. The average Bonchev–Trinajstić information content (AvgIpc) is 2.74. The van der Waals surface area contributed by atoms with Gasteiger partial charge in [-0.05, 0) is 31.2 Å². The number of hydrogen-bond acceptors (Lipinski definition) is 7. The topological polar surface area (TPSA) is 123 Å². The fourth-order valence-corrected chi connectivity index (χ4v) is 3.51. The van der Waals surface area contributed by atoms with Gasteiger partial charge in [-0.15, -0.1) is 0 Å². The highest BCUT2D eigenvalue weighted by Crippen LogP contribution is 2.26. The maximum Gasteiger partial charge on any atom is 0.312 e. The number of anilines is 2. The molecular formula is C21H15ClFN7O. The molecule has 0 amide bonds. The third-order valence-electron chi connectivity index (χ3n) is 4.65. The lowest BCUT2D eigenvalue weighted by Gasteiger charge is -2.20. The zero-order chi connectivity index (χ0) is 22.1. The molecule has 0 aliphatic carbocycles. The highest BCUT2D eigenvalue weighted by Gasteiger charge is 2.22. The van der Waals surface area contributed by atoms with Gasteiger partial charge in [0.1, 0.15) is 23.3 Å². The van der Waals surface area contributed by atoms with Crippen LogP contribution in [0.2, 0.25) is 5.02 Å². The summed E-state index contributed by atoms with van der Waals surface area (Å²) in [7, 11) is 0. The first-order valence-electron chi connectivity index (χ1n) is 9.17. The van der Waals surface area contributed by atoms with Crippen molar-refractivity contribution < 1.29 is 4.39 Å². The van der Waals surface area contributed by atoms with E-state index >= 15 is 0 Å². The Morgan fingerprint density at radius 3 is 2.61 bits per heavy atom. The predicted octanol–water partition coefficient (Wildman–Crippen LogP) is 3.60. The summed E-state index contributed by atoms with van der Waals surface area (Å²) in [5, 5.41) is 12.9. The van der Waals surface area contributed by atoms with Gasteiger partial charge in [0.05, 0.1) is 27.7 Å². The van der Waals surface area contributed by atoms with Crippen LogP contribution in [-0.2, 0) is 0 Å². The monoisotopic (exact) mass is 435 g/mol. The van der Waals surface area contributed by atoms with E-state index in [9.17, 15) is 14.4 Å². The summed E-state index contributed by atoms with van der Waals surface area (Å²) in [6.07, 6.45) is -1.08. The molecule has 4 rings (SSSR count). The molecule has 0 radical (unpaired) electrons. The summed E-state index contributed by atoms with van der Waals surface area (Å²) >= 11 is 6.28. The Bertz CT molecular complexity index is 1400. The highest BCUT2D eigenvalue weighted by molar-refractivity contribution is 6.35. The van der Waals surface area contributed by atoms with E-state index in [0.29, 0.717) is 17.0 Å². The number of rotatable bonds is 4. The van der Waals surface area contributed by atoms with Crippen molar-refractivity contribution in [2.24, 2.45) is 0 Å². The van der Waals surface area contributed by atoms with Crippen LogP contribution in [0.3, 0.4) is 0 Å². The predicted molar refractivity (Wildman–Crippen MR) is 116 cm³/mol. The van der Waals surface area contributed by atoms with E-state index in [1.165, 1.54) is 4.57 Å². The lowest BCUT2D eigenvalue weighted by atomic mass is 10.2. The average molecular weight is 436 g/mol. The molecule has 8 nitrogen and oxygen atoms in total. The van der Waals surface area contributed by atoms with Crippen LogP contribution in [0.5, 0.6) is 0 Å². The first-order valence-corrected chi connectivity index (χ1v) is 9.54. The van der Waals surface area contributed by atoms with Gasteiger partial charge in [-0.2, -0.15) is 19.6 Å². The van der Waals surface area contributed by atoms with E-state index in [1.54, 1.807) is 49.4 Å². The number of nitrogen functional groups attached to an aromatic ring is 1. The van der Waals surface area contributed by atoms with Gasteiger partial charge in [0.25, 0.3) is 5.56 Å². The van der Waals surface area contributed by atoms with E-state index in [-0.39, 0.29) is 33.2 Å². The van der Waals surface area contributed by atoms with Gasteiger partial charge in [-0.3, -0.25) is 9.36 Å². The van der Waals surface area contributed by atoms with Crippen molar-refractivity contribution in [2.75, 3.05) is 11.1 Å². The minimum absolute atomic E-state index is 0.0972. The number of para-hydroxylation sites is 1. The van der Waals surface area contributed by atoms with Crippen LogP contribution >= 0.6 is 11.6 Å². The third-order valence-corrected chi connectivity index (χ3v) is 4.96. The summed E-state index contributed by atoms with van der Waals surface area (Å²) in [5.41, 5.74) is 6.15. The second-order valence-electron chi connectivity index (χ2n) is 6.66. The van der Waals surface area contributed by atoms with Crippen LogP contribution in [0, 0.1) is 17.4 Å². The molecule has 0 aliphatic rings. The van der Waals surface area contributed by atoms with Crippen molar-refractivity contribution in [3.8, 4) is 11.8 Å². The Balaban J connectivity index is 1.94. The lowest BCUT2D eigenvalue weighted by Crippen LogP contribution is -2.28.